The molecule has 2 N–H and O–H groups in total. The fourth-order valence-corrected chi connectivity index (χ4v) is 5.72. The van der Waals surface area contributed by atoms with Gasteiger partial charge in [-0.3, -0.25) is 4.98 Å². The molecule has 2 heterocycles. The number of pyridine rings is 1. The summed E-state index contributed by atoms with van der Waals surface area (Å²) in [7, 11) is 0. The van der Waals surface area contributed by atoms with E-state index in [9.17, 15) is 15.5 Å². The van der Waals surface area contributed by atoms with Crippen LogP contribution >= 0.6 is 11.6 Å². The Hall–Kier alpha value is -2.65. The van der Waals surface area contributed by atoms with Gasteiger partial charge in [0.1, 0.15) is 11.4 Å². The van der Waals surface area contributed by atoms with Gasteiger partial charge in [0.15, 0.2) is 11.2 Å². The van der Waals surface area contributed by atoms with E-state index in [1.165, 1.54) is 6.20 Å². The Morgan fingerprint density at radius 1 is 1.27 bits per heavy atom. The van der Waals surface area contributed by atoms with E-state index in [0.717, 1.165) is 12.0 Å². The van der Waals surface area contributed by atoms with Crippen LogP contribution in [0.1, 0.15) is 29.7 Å². The van der Waals surface area contributed by atoms with Crippen LogP contribution in [0.25, 0.3) is 0 Å². The van der Waals surface area contributed by atoms with Gasteiger partial charge in [0.2, 0.25) is 0 Å². The molecule has 0 bridgehead atoms. The Kier molecular flexibility index (Phi) is 4.48. The van der Waals surface area contributed by atoms with Crippen molar-refractivity contribution in [1.29, 1.82) is 5.26 Å². The number of nitrogens with zero attached hydrogens (tertiary/aromatic N) is 2. The highest BCUT2D eigenvalue weighted by molar-refractivity contribution is 6.30. The zero-order valence-corrected chi connectivity index (χ0v) is 17.0. The maximum atomic E-state index is 12.3. The Morgan fingerprint density at radius 2 is 2.07 bits per heavy atom. The van der Waals surface area contributed by atoms with Gasteiger partial charge < -0.3 is 14.9 Å². The summed E-state index contributed by atoms with van der Waals surface area (Å²) in [5.41, 5.74) is -0.955. The number of ether oxygens (including phenoxy) is 1. The minimum Gasteiger partial charge on any atom is -0.477 e. The van der Waals surface area contributed by atoms with E-state index >= 15 is 0 Å². The summed E-state index contributed by atoms with van der Waals surface area (Å²) in [5.74, 6) is 0.000444. The van der Waals surface area contributed by atoms with Crippen molar-refractivity contribution in [3.05, 3.63) is 82.7 Å². The lowest BCUT2D eigenvalue weighted by atomic mass is 9.68. The molecule has 1 unspecified atom stereocenters. The molecule has 1 aliphatic heterocycles. The molecule has 5 atom stereocenters. The monoisotopic (exact) mass is 420 g/mol. The average molecular weight is 421 g/mol. The Morgan fingerprint density at radius 3 is 2.73 bits per heavy atom. The van der Waals surface area contributed by atoms with Gasteiger partial charge in [0.05, 0.1) is 16.7 Å². The normalized spacial score (nSPS) is 33.6. The number of nitriles is 1. The van der Waals surface area contributed by atoms with Crippen LogP contribution in [0.4, 0.5) is 0 Å². The van der Waals surface area contributed by atoms with E-state index in [0.29, 0.717) is 28.5 Å². The second-order valence-electron chi connectivity index (χ2n) is 8.23. The molecule has 1 saturated carbocycles. The van der Waals surface area contributed by atoms with Gasteiger partial charge in [-0.25, -0.2) is 0 Å². The Labute approximate surface area is 179 Å². The summed E-state index contributed by atoms with van der Waals surface area (Å²) >= 11 is 6.18. The second kappa shape index (κ2) is 6.95. The van der Waals surface area contributed by atoms with Crippen molar-refractivity contribution in [2.75, 3.05) is 6.61 Å². The minimum atomic E-state index is -1.52. The molecular weight excluding hydrogens is 400 g/mol. The number of hydrogen-bond acceptors (Lipinski definition) is 5. The number of halogens is 1. The first-order chi connectivity index (χ1) is 14.5. The number of hydrogen-bond donors (Lipinski definition) is 2. The summed E-state index contributed by atoms with van der Waals surface area (Å²) in [6.07, 6.45) is 11.2. The maximum absolute atomic E-state index is 12.3. The molecule has 0 saturated heterocycles. The van der Waals surface area contributed by atoms with Gasteiger partial charge >= 0.3 is 0 Å². The van der Waals surface area contributed by atoms with Crippen LogP contribution < -0.4 is 4.74 Å². The molecule has 1 aromatic carbocycles. The van der Waals surface area contributed by atoms with Crippen LogP contribution in [0.5, 0.6) is 5.75 Å². The van der Waals surface area contributed by atoms with Crippen LogP contribution in [-0.2, 0) is 11.2 Å². The third-order valence-electron chi connectivity index (χ3n) is 6.86. The van der Waals surface area contributed by atoms with Gasteiger partial charge in [-0.15, -0.1) is 0 Å². The fraction of sp³-hybridized carbons (Fsp3) is 0.333. The van der Waals surface area contributed by atoms with Crippen molar-refractivity contribution in [2.45, 2.75) is 24.0 Å². The highest BCUT2D eigenvalue weighted by Crippen LogP contribution is 2.67. The first-order valence-electron chi connectivity index (χ1n) is 10.1. The van der Waals surface area contributed by atoms with Gasteiger partial charge in [0.25, 0.3) is 0 Å². The van der Waals surface area contributed by atoms with E-state index in [2.05, 4.69) is 23.2 Å². The highest BCUT2D eigenvalue weighted by Gasteiger charge is 2.73. The van der Waals surface area contributed by atoms with Crippen molar-refractivity contribution in [3.8, 4) is 11.8 Å². The zero-order chi connectivity index (χ0) is 20.9. The van der Waals surface area contributed by atoms with E-state index < -0.39 is 17.1 Å². The molecule has 5 nitrogen and oxygen atoms in total. The van der Waals surface area contributed by atoms with E-state index in [-0.39, 0.29) is 18.4 Å². The molecule has 2 aromatic rings. The van der Waals surface area contributed by atoms with Gasteiger partial charge in [0, 0.05) is 30.7 Å². The number of aliphatic hydroxyl groups is 2. The average Bonchev–Trinajstić information content (AvgIpc) is 3.18. The quantitative estimate of drug-likeness (QED) is 0.787. The molecule has 0 spiro atoms. The second-order valence-corrected chi connectivity index (χ2v) is 8.66. The minimum absolute atomic E-state index is 0.109. The molecule has 0 amide bonds. The molecule has 1 fully saturated rings. The number of benzene rings is 1. The van der Waals surface area contributed by atoms with Crippen LogP contribution in [0.2, 0.25) is 5.02 Å². The van der Waals surface area contributed by atoms with E-state index in [1.807, 2.05) is 24.3 Å². The number of rotatable bonds is 3. The van der Waals surface area contributed by atoms with Crippen molar-refractivity contribution in [1.82, 2.24) is 4.98 Å². The lowest BCUT2D eigenvalue weighted by Crippen LogP contribution is -2.53. The zero-order valence-electron chi connectivity index (χ0n) is 16.2. The van der Waals surface area contributed by atoms with Crippen molar-refractivity contribution in [2.24, 2.45) is 17.8 Å². The van der Waals surface area contributed by atoms with E-state index in [1.54, 1.807) is 18.2 Å². The SMILES string of the molecule is N#Cc1ccc([C@@]23Oc4cc(Cl)cnc4[C@]2(O)[C@@H](CO)C[C@H]3C2C=CC=CC2)cc1. The Bertz CT molecular complexity index is 1090. The van der Waals surface area contributed by atoms with Gasteiger partial charge in [-0.1, -0.05) is 48.0 Å². The largest absolute Gasteiger partial charge is 0.477 e. The van der Waals surface area contributed by atoms with Crippen LogP contribution in [0.15, 0.2) is 60.8 Å². The van der Waals surface area contributed by atoms with Crippen LogP contribution in [-0.4, -0.2) is 21.8 Å². The van der Waals surface area contributed by atoms with Crippen molar-refractivity contribution in [3.63, 3.8) is 0 Å². The van der Waals surface area contributed by atoms with Crippen molar-refractivity contribution < 1.29 is 14.9 Å². The summed E-state index contributed by atoms with van der Waals surface area (Å²) in [4.78, 5) is 4.45. The fourth-order valence-electron chi connectivity index (χ4n) is 5.58. The molecule has 2 aliphatic carbocycles. The lowest BCUT2D eigenvalue weighted by Gasteiger charge is -2.42. The molecule has 152 valence electrons. The van der Waals surface area contributed by atoms with Crippen LogP contribution in [0, 0.1) is 29.1 Å². The third kappa shape index (κ3) is 2.45. The van der Waals surface area contributed by atoms with Gasteiger partial charge in [-0.05, 0) is 36.5 Å². The standard InChI is InChI=1S/C24H21ClN2O3/c25-19-11-21-22(27-13-19)23(29)18(14-28)10-20(16-4-2-1-3-5-16)24(23,30-21)17-8-6-15(12-26)7-9-17/h1-4,6-9,11,13,16,18,20,28-29H,5,10,14H2/t16?,18-,20+,23-,24+/m1/s1. The maximum Gasteiger partial charge on any atom is 0.172 e. The smallest absolute Gasteiger partial charge is 0.172 e. The topological polar surface area (TPSA) is 86.4 Å². The number of aliphatic hydroxyl groups excluding tert-OH is 1. The third-order valence-corrected chi connectivity index (χ3v) is 7.07. The first-order valence-corrected chi connectivity index (χ1v) is 10.4. The number of fused-ring (bicyclic) bond motifs is 3. The summed E-state index contributed by atoms with van der Waals surface area (Å²) in [6.45, 7) is -0.190. The molecule has 0 radical (unpaired) electrons. The lowest BCUT2D eigenvalue weighted by molar-refractivity contribution is -0.149. The molecule has 1 aromatic heterocycles. The predicted molar refractivity (Wildman–Crippen MR) is 112 cm³/mol. The molecular formula is C24H21ClN2O3. The summed E-state index contributed by atoms with van der Waals surface area (Å²) in [5, 5.41) is 32.2. The highest BCUT2D eigenvalue weighted by atomic mass is 35.5. The molecule has 30 heavy (non-hydrogen) atoms. The van der Waals surface area contributed by atoms with Gasteiger partial charge in [-0.2, -0.15) is 5.26 Å². The van der Waals surface area contributed by atoms with Crippen LogP contribution in [0.3, 0.4) is 0 Å². The van der Waals surface area contributed by atoms with Crippen molar-refractivity contribution >= 4 is 11.6 Å². The predicted octanol–water partition coefficient (Wildman–Crippen LogP) is 3.84. The molecule has 5 rings (SSSR count). The summed E-state index contributed by atoms with van der Waals surface area (Å²) in [6, 6.07) is 11.0. The first kappa shape index (κ1) is 19.3. The molecule has 3 aliphatic rings. The summed E-state index contributed by atoms with van der Waals surface area (Å²) < 4.78 is 6.61. The van der Waals surface area contributed by atoms with E-state index in [4.69, 9.17) is 16.3 Å². The number of aromatic nitrogens is 1. The molecule has 6 heteroatoms. The number of allylic oxidation sites excluding steroid dienone is 4. The Balaban J connectivity index is 1.76.